The third-order valence-electron chi connectivity index (χ3n) is 4.98. The molecule has 1 aliphatic rings. The molecule has 3 aromatic rings. The quantitative estimate of drug-likeness (QED) is 0.602. The summed E-state index contributed by atoms with van der Waals surface area (Å²) in [7, 11) is 3.31. The van der Waals surface area contributed by atoms with Crippen molar-refractivity contribution in [1.82, 2.24) is 9.88 Å². The molecule has 1 amide bonds. The lowest BCUT2D eigenvalue weighted by Gasteiger charge is -2.34. The highest BCUT2D eigenvalue weighted by atomic mass is 32.1. The topological polar surface area (TPSA) is 54.9 Å². The van der Waals surface area contributed by atoms with Crippen LogP contribution in [0.3, 0.4) is 0 Å². The lowest BCUT2D eigenvalue weighted by atomic mass is 10.2. The monoisotopic (exact) mass is 409 g/mol. The van der Waals surface area contributed by atoms with Gasteiger partial charge in [0, 0.05) is 32.3 Å². The van der Waals surface area contributed by atoms with E-state index in [1.807, 2.05) is 53.4 Å². The molecule has 0 atom stereocenters. The molecule has 0 spiro atoms. The van der Waals surface area contributed by atoms with Gasteiger partial charge in [-0.05, 0) is 23.8 Å². The van der Waals surface area contributed by atoms with Crippen molar-refractivity contribution in [3.05, 3.63) is 54.1 Å². The molecule has 0 N–H and O–H groups in total. The van der Waals surface area contributed by atoms with E-state index in [1.165, 1.54) is 0 Å². The Morgan fingerprint density at radius 1 is 1.00 bits per heavy atom. The van der Waals surface area contributed by atoms with Crippen LogP contribution in [0.1, 0.15) is 5.56 Å². The lowest BCUT2D eigenvalue weighted by molar-refractivity contribution is -0.126. The molecule has 0 radical (unpaired) electrons. The minimum absolute atomic E-state index is 0.0427. The van der Waals surface area contributed by atoms with Crippen molar-refractivity contribution in [2.45, 2.75) is 0 Å². The van der Waals surface area contributed by atoms with Gasteiger partial charge >= 0.3 is 0 Å². The van der Waals surface area contributed by atoms with E-state index in [0.29, 0.717) is 13.1 Å². The van der Waals surface area contributed by atoms with Crippen LogP contribution in [-0.2, 0) is 4.79 Å². The van der Waals surface area contributed by atoms with E-state index in [1.54, 1.807) is 31.6 Å². The van der Waals surface area contributed by atoms with E-state index in [-0.39, 0.29) is 5.91 Å². The van der Waals surface area contributed by atoms with Crippen LogP contribution in [0, 0.1) is 0 Å². The second-order valence-corrected chi connectivity index (χ2v) is 7.68. The predicted octanol–water partition coefficient (Wildman–Crippen LogP) is 3.68. The minimum Gasteiger partial charge on any atom is -0.495 e. The first-order valence-corrected chi connectivity index (χ1v) is 10.3. The number of carbonyl (C=O) groups is 1. The molecule has 0 saturated carbocycles. The normalized spacial score (nSPS) is 14.6. The first-order valence-electron chi connectivity index (χ1n) is 9.48. The summed E-state index contributed by atoms with van der Waals surface area (Å²) in [5.74, 6) is 1.58. The molecule has 1 saturated heterocycles. The number of hydrogen-bond acceptors (Lipinski definition) is 6. The van der Waals surface area contributed by atoms with E-state index in [2.05, 4.69) is 4.90 Å². The molecule has 7 heteroatoms. The van der Waals surface area contributed by atoms with Gasteiger partial charge in [-0.1, -0.05) is 41.7 Å². The summed E-state index contributed by atoms with van der Waals surface area (Å²) in [6.45, 7) is 2.83. The van der Waals surface area contributed by atoms with Crippen LogP contribution >= 0.6 is 11.3 Å². The fourth-order valence-electron chi connectivity index (χ4n) is 3.36. The Bertz CT molecular complexity index is 983. The number of anilines is 1. The molecule has 150 valence electrons. The number of methoxy groups -OCH3 is 2. The van der Waals surface area contributed by atoms with E-state index >= 15 is 0 Å². The minimum atomic E-state index is 0.0427. The van der Waals surface area contributed by atoms with Crippen LogP contribution in [0.15, 0.2) is 48.5 Å². The SMILES string of the molecule is COc1ccc(OC)c2sc(N3CCN(C(=O)C=Cc4ccccc4)CC3)nc12. The zero-order chi connectivity index (χ0) is 20.2. The van der Waals surface area contributed by atoms with Gasteiger partial charge in [0.25, 0.3) is 0 Å². The number of benzene rings is 2. The Morgan fingerprint density at radius 2 is 1.69 bits per heavy atom. The number of nitrogens with zero attached hydrogens (tertiary/aromatic N) is 3. The maximum atomic E-state index is 12.5. The molecule has 0 bridgehead atoms. The Balaban J connectivity index is 1.44. The third-order valence-corrected chi connectivity index (χ3v) is 6.11. The highest BCUT2D eigenvalue weighted by molar-refractivity contribution is 7.22. The van der Waals surface area contributed by atoms with Crippen LogP contribution in [0.5, 0.6) is 11.5 Å². The summed E-state index contributed by atoms with van der Waals surface area (Å²) in [5.41, 5.74) is 1.84. The van der Waals surface area contributed by atoms with Crippen molar-refractivity contribution in [1.29, 1.82) is 0 Å². The number of ether oxygens (including phenoxy) is 2. The van der Waals surface area contributed by atoms with Gasteiger partial charge in [0.15, 0.2) is 5.13 Å². The number of fused-ring (bicyclic) bond motifs is 1. The van der Waals surface area contributed by atoms with E-state index < -0.39 is 0 Å². The highest BCUT2D eigenvalue weighted by Gasteiger charge is 2.23. The summed E-state index contributed by atoms with van der Waals surface area (Å²) in [4.78, 5) is 21.4. The van der Waals surface area contributed by atoms with Gasteiger partial charge in [-0.3, -0.25) is 4.79 Å². The van der Waals surface area contributed by atoms with Crippen LogP contribution in [0.25, 0.3) is 16.3 Å². The van der Waals surface area contributed by atoms with E-state index in [0.717, 1.165) is 45.5 Å². The maximum Gasteiger partial charge on any atom is 0.246 e. The predicted molar refractivity (Wildman–Crippen MR) is 117 cm³/mol. The number of rotatable bonds is 5. The van der Waals surface area contributed by atoms with Crippen LogP contribution in [-0.4, -0.2) is 56.2 Å². The van der Waals surface area contributed by atoms with Crippen LogP contribution < -0.4 is 14.4 Å². The molecule has 0 aliphatic carbocycles. The van der Waals surface area contributed by atoms with Crippen molar-refractivity contribution in [3.63, 3.8) is 0 Å². The standard InChI is InChI=1S/C22H23N3O3S/c1-27-17-9-10-18(28-2)21-20(17)23-22(29-21)25-14-12-24(13-15-25)19(26)11-8-16-6-4-3-5-7-16/h3-11H,12-15H2,1-2H3. The molecule has 1 aliphatic heterocycles. The molecule has 6 nitrogen and oxygen atoms in total. The van der Waals surface area contributed by atoms with Gasteiger partial charge in [-0.2, -0.15) is 0 Å². The van der Waals surface area contributed by atoms with Crippen molar-refractivity contribution < 1.29 is 14.3 Å². The van der Waals surface area contributed by atoms with Crippen molar-refractivity contribution >= 4 is 38.7 Å². The molecule has 1 fully saturated rings. The molecular weight excluding hydrogens is 386 g/mol. The van der Waals surface area contributed by atoms with Gasteiger partial charge in [0.1, 0.15) is 21.7 Å². The zero-order valence-electron chi connectivity index (χ0n) is 16.5. The summed E-state index contributed by atoms with van der Waals surface area (Å²) in [6, 6.07) is 13.6. The maximum absolute atomic E-state index is 12.5. The Hall–Kier alpha value is -3.06. The summed E-state index contributed by atoms with van der Waals surface area (Å²) < 4.78 is 11.9. The van der Waals surface area contributed by atoms with Gasteiger partial charge in [0.2, 0.25) is 5.91 Å². The van der Waals surface area contributed by atoms with Gasteiger partial charge in [0.05, 0.1) is 14.2 Å². The van der Waals surface area contributed by atoms with Crippen LogP contribution in [0.4, 0.5) is 5.13 Å². The summed E-state index contributed by atoms with van der Waals surface area (Å²) >= 11 is 1.59. The molecule has 0 unspecified atom stereocenters. The second-order valence-electron chi connectivity index (χ2n) is 6.70. The molecule has 4 rings (SSSR count). The number of carbonyl (C=O) groups excluding carboxylic acids is 1. The smallest absolute Gasteiger partial charge is 0.246 e. The first-order chi connectivity index (χ1) is 14.2. The Morgan fingerprint density at radius 3 is 2.38 bits per heavy atom. The largest absolute Gasteiger partial charge is 0.495 e. The van der Waals surface area contributed by atoms with Gasteiger partial charge in [-0.15, -0.1) is 0 Å². The summed E-state index contributed by atoms with van der Waals surface area (Å²) in [6.07, 6.45) is 3.51. The number of thiazole rings is 1. The van der Waals surface area contributed by atoms with Gasteiger partial charge in [-0.25, -0.2) is 4.98 Å². The number of hydrogen-bond donors (Lipinski definition) is 0. The number of aromatic nitrogens is 1. The molecule has 2 aromatic carbocycles. The molecule has 2 heterocycles. The fraction of sp³-hybridized carbons (Fsp3) is 0.273. The number of piperazine rings is 1. The van der Waals surface area contributed by atoms with Crippen LogP contribution in [0.2, 0.25) is 0 Å². The van der Waals surface area contributed by atoms with Gasteiger partial charge < -0.3 is 19.3 Å². The molecule has 29 heavy (non-hydrogen) atoms. The van der Waals surface area contributed by atoms with Crippen molar-refractivity contribution in [3.8, 4) is 11.5 Å². The lowest BCUT2D eigenvalue weighted by Crippen LogP contribution is -2.48. The average Bonchev–Trinajstić information content (AvgIpc) is 3.23. The zero-order valence-corrected chi connectivity index (χ0v) is 17.3. The first kappa shape index (κ1) is 19.3. The molecule has 1 aromatic heterocycles. The Kier molecular flexibility index (Phi) is 5.67. The Labute approximate surface area is 174 Å². The van der Waals surface area contributed by atoms with E-state index in [9.17, 15) is 4.79 Å². The van der Waals surface area contributed by atoms with E-state index in [4.69, 9.17) is 14.5 Å². The highest BCUT2D eigenvalue weighted by Crippen LogP contribution is 2.40. The van der Waals surface area contributed by atoms with Crippen molar-refractivity contribution in [2.75, 3.05) is 45.3 Å². The molecular formula is C22H23N3O3S. The fourth-order valence-corrected chi connectivity index (χ4v) is 4.49. The van der Waals surface area contributed by atoms with Crippen molar-refractivity contribution in [2.24, 2.45) is 0 Å². The average molecular weight is 410 g/mol. The second kappa shape index (κ2) is 8.53. The third kappa shape index (κ3) is 4.05. The number of amides is 1. The summed E-state index contributed by atoms with van der Waals surface area (Å²) in [5, 5.41) is 0.926.